The van der Waals surface area contributed by atoms with Crippen molar-refractivity contribution in [3.63, 3.8) is 0 Å². The summed E-state index contributed by atoms with van der Waals surface area (Å²) in [6.45, 7) is 4.83. The van der Waals surface area contributed by atoms with Crippen LogP contribution in [0.4, 0.5) is 11.4 Å². The van der Waals surface area contributed by atoms with Crippen molar-refractivity contribution in [2.24, 2.45) is 0 Å². The smallest absolute Gasteiger partial charge is 0.257 e. The van der Waals surface area contributed by atoms with E-state index >= 15 is 0 Å². The molecule has 1 aromatic heterocycles. The second-order valence-electron chi connectivity index (χ2n) is 6.27. The molecule has 0 fully saturated rings. The number of carbonyl (C=O) groups is 1. The lowest BCUT2D eigenvalue weighted by atomic mass is 10.1. The van der Waals surface area contributed by atoms with E-state index < -0.39 is 0 Å². The molecule has 2 aromatic carbocycles. The highest BCUT2D eigenvalue weighted by molar-refractivity contribution is 6.04. The van der Waals surface area contributed by atoms with Gasteiger partial charge in [0.05, 0.1) is 11.3 Å². The van der Waals surface area contributed by atoms with Gasteiger partial charge >= 0.3 is 0 Å². The standard InChI is InChI=1S/C22H23N3O/c1-3-18-6-4-5-7-21(18)25-22(26)19-12-20(15-23-14-19)24-13-17-10-8-16(2)9-11-17/h4-12,14-15,24H,3,13H2,1-2H3,(H,25,26). The Morgan fingerprint density at radius 1 is 1.04 bits per heavy atom. The van der Waals surface area contributed by atoms with Crippen LogP contribution in [0.3, 0.4) is 0 Å². The highest BCUT2D eigenvalue weighted by Gasteiger charge is 2.09. The van der Waals surface area contributed by atoms with Crippen molar-refractivity contribution in [1.29, 1.82) is 0 Å². The first-order chi connectivity index (χ1) is 12.7. The molecular formula is C22H23N3O. The van der Waals surface area contributed by atoms with Crippen LogP contribution in [0, 0.1) is 6.92 Å². The second kappa shape index (κ2) is 8.30. The summed E-state index contributed by atoms with van der Waals surface area (Å²) in [6.07, 6.45) is 4.18. The van der Waals surface area contributed by atoms with Gasteiger partial charge in [0, 0.05) is 24.6 Å². The number of amides is 1. The molecule has 0 saturated carbocycles. The molecule has 1 heterocycles. The van der Waals surface area contributed by atoms with Crippen LogP contribution in [-0.2, 0) is 13.0 Å². The van der Waals surface area contributed by atoms with Crippen LogP contribution in [0.5, 0.6) is 0 Å². The van der Waals surface area contributed by atoms with Gasteiger partial charge in [-0.2, -0.15) is 0 Å². The van der Waals surface area contributed by atoms with Crippen LogP contribution < -0.4 is 10.6 Å². The van der Waals surface area contributed by atoms with E-state index in [1.807, 2.05) is 30.3 Å². The number of aromatic nitrogens is 1. The Morgan fingerprint density at radius 2 is 1.81 bits per heavy atom. The van der Waals surface area contributed by atoms with Crippen molar-refractivity contribution in [3.8, 4) is 0 Å². The first-order valence-electron chi connectivity index (χ1n) is 8.79. The van der Waals surface area contributed by atoms with Crippen molar-refractivity contribution in [3.05, 3.63) is 89.2 Å². The SMILES string of the molecule is CCc1ccccc1NC(=O)c1cncc(NCc2ccc(C)cc2)c1. The van der Waals surface area contributed by atoms with Gasteiger partial charge in [0.15, 0.2) is 0 Å². The van der Waals surface area contributed by atoms with Crippen molar-refractivity contribution in [2.75, 3.05) is 10.6 Å². The number of nitrogens with one attached hydrogen (secondary N) is 2. The van der Waals surface area contributed by atoms with E-state index in [0.29, 0.717) is 12.1 Å². The number of anilines is 2. The maximum absolute atomic E-state index is 12.6. The largest absolute Gasteiger partial charge is 0.380 e. The van der Waals surface area contributed by atoms with Crippen LogP contribution in [0.1, 0.15) is 34.0 Å². The number of hydrogen-bond acceptors (Lipinski definition) is 3. The summed E-state index contributed by atoms with van der Waals surface area (Å²) in [5, 5.41) is 6.30. The van der Waals surface area contributed by atoms with Crippen LogP contribution in [0.15, 0.2) is 67.0 Å². The molecule has 2 N–H and O–H groups in total. The van der Waals surface area contributed by atoms with Gasteiger partial charge in [-0.15, -0.1) is 0 Å². The minimum Gasteiger partial charge on any atom is -0.380 e. The number of para-hydroxylation sites is 1. The van der Waals surface area contributed by atoms with Crippen molar-refractivity contribution >= 4 is 17.3 Å². The van der Waals surface area contributed by atoms with Crippen molar-refractivity contribution in [2.45, 2.75) is 26.8 Å². The lowest BCUT2D eigenvalue weighted by Crippen LogP contribution is -2.14. The third kappa shape index (κ3) is 4.48. The fourth-order valence-electron chi connectivity index (χ4n) is 2.72. The number of carbonyl (C=O) groups excluding carboxylic acids is 1. The maximum atomic E-state index is 12.6. The number of benzene rings is 2. The Labute approximate surface area is 154 Å². The third-order valence-corrected chi connectivity index (χ3v) is 4.26. The molecule has 132 valence electrons. The Kier molecular flexibility index (Phi) is 5.64. The highest BCUT2D eigenvalue weighted by Crippen LogP contribution is 2.18. The zero-order valence-corrected chi connectivity index (χ0v) is 15.1. The molecule has 3 rings (SSSR count). The molecule has 4 heteroatoms. The lowest BCUT2D eigenvalue weighted by Gasteiger charge is -2.11. The first-order valence-corrected chi connectivity index (χ1v) is 8.79. The first kappa shape index (κ1) is 17.7. The monoisotopic (exact) mass is 345 g/mol. The Balaban J connectivity index is 1.68. The summed E-state index contributed by atoms with van der Waals surface area (Å²) in [6, 6.07) is 18.0. The van der Waals surface area contributed by atoms with Gasteiger partial charge in [-0.05, 0) is 36.6 Å². The minimum atomic E-state index is -0.155. The third-order valence-electron chi connectivity index (χ3n) is 4.26. The molecule has 0 aliphatic carbocycles. The van der Waals surface area contributed by atoms with Crippen molar-refractivity contribution in [1.82, 2.24) is 4.98 Å². The molecule has 26 heavy (non-hydrogen) atoms. The Bertz CT molecular complexity index is 888. The highest BCUT2D eigenvalue weighted by atomic mass is 16.1. The Morgan fingerprint density at radius 3 is 2.58 bits per heavy atom. The fourth-order valence-corrected chi connectivity index (χ4v) is 2.72. The quantitative estimate of drug-likeness (QED) is 0.673. The van der Waals surface area contributed by atoms with Gasteiger partial charge in [-0.25, -0.2) is 0 Å². The predicted molar refractivity (Wildman–Crippen MR) is 107 cm³/mol. The normalized spacial score (nSPS) is 10.4. The average molecular weight is 345 g/mol. The summed E-state index contributed by atoms with van der Waals surface area (Å²) < 4.78 is 0. The lowest BCUT2D eigenvalue weighted by molar-refractivity contribution is 0.102. The summed E-state index contributed by atoms with van der Waals surface area (Å²) in [4.78, 5) is 16.8. The van der Waals surface area contributed by atoms with Crippen LogP contribution in [0.25, 0.3) is 0 Å². The van der Waals surface area contributed by atoms with Crippen LogP contribution in [0.2, 0.25) is 0 Å². The van der Waals surface area contributed by atoms with Gasteiger partial charge in [0.1, 0.15) is 0 Å². The minimum absolute atomic E-state index is 0.155. The number of pyridine rings is 1. The molecule has 3 aromatic rings. The molecule has 0 bridgehead atoms. The van der Waals surface area contributed by atoms with E-state index in [2.05, 4.69) is 53.7 Å². The Hall–Kier alpha value is -3.14. The number of nitrogens with zero attached hydrogens (tertiary/aromatic N) is 1. The summed E-state index contributed by atoms with van der Waals surface area (Å²) >= 11 is 0. The van der Waals surface area contributed by atoms with Crippen LogP contribution >= 0.6 is 0 Å². The number of rotatable bonds is 6. The summed E-state index contributed by atoms with van der Waals surface area (Å²) in [5.74, 6) is -0.155. The summed E-state index contributed by atoms with van der Waals surface area (Å²) in [7, 11) is 0. The maximum Gasteiger partial charge on any atom is 0.257 e. The van der Waals surface area contributed by atoms with E-state index in [1.54, 1.807) is 12.4 Å². The van der Waals surface area contributed by atoms with E-state index in [4.69, 9.17) is 0 Å². The molecule has 0 aliphatic heterocycles. The van der Waals surface area contributed by atoms with Crippen LogP contribution in [-0.4, -0.2) is 10.9 Å². The zero-order valence-electron chi connectivity index (χ0n) is 15.1. The van der Waals surface area contributed by atoms with Gasteiger partial charge in [0.25, 0.3) is 5.91 Å². The van der Waals surface area contributed by atoms with Gasteiger partial charge in [-0.1, -0.05) is 55.0 Å². The van der Waals surface area contributed by atoms with E-state index in [-0.39, 0.29) is 5.91 Å². The number of hydrogen-bond donors (Lipinski definition) is 2. The van der Waals surface area contributed by atoms with E-state index in [9.17, 15) is 4.79 Å². The molecule has 0 atom stereocenters. The fraction of sp³-hybridized carbons (Fsp3) is 0.182. The van der Waals surface area contributed by atoms with Gasteiger partial charge < -0.3 is 10.6 Å². The average Bonchev–Trinajstić information content (AvgIpc) is 2.68. The molecule has 4 nitrogen and oxygen atoms in total. The van der Waals surface area contributed by atoms with Gasteiger partial charge in [-0.3, -0.25) is 9.78 Å². The molecule has 0 saturated heterocycles. The predicted octanol–water partition coefficient (Wildman–Crippen LogP) is 4.82. The molecule has 0 radical (unpaired) electrons. The summed E-state index contributed by atoms with van der Waals surface area (Å²) in [5.41, 5.74) is 5.73. The topological polar surface area (TPSA) is 54.0 Å². The molecule has 1 amide bonds. The van der Waals surface area contributed by atoms with E-state index in [1.165, 1.54) is 11.1 Å². The number of aryl methyl sites for hydroxylation is 2. The molecule has 0 aliphatic rings. The van der Waals surface area contributed by atoms with E-state index in [0.717, 1.165) is 23.4 Å². The van der Waals surface area contributed by atoms with Crippen molar-refractivity contribution < 1.29 is 4.79 Å². The zero-order chi connectivity index (χ0) is 18.4. The molecular weight excluding hydrogens is 322 g/mol. The van der Waals surface area contributed by atoms with Gasteiger partial charge in [0.2, 0.25) is 0 Å². The second-order valence-corrected chi connectivity index (χ2v) is 6.27. The molecule has 0 spiro atoms. The molecule has 0 unspecified atom stereocenters.